The Morgan fingerprint density at radius 3 is 2.85 bits per heavy atom. The Morgan fingerprint density at radius 2 is 2.15 bits per heavy atom. The quantitative estimate of drug-likeness (QED) is 0.582. The number of aliphatic hydroxyl groups is 1. The van der Waals surface area contributed by atoms with Gasteiger partial charge in [-0.3, -0.25) is 9.78 Å². The molecule has 0 aliphatic rings. The summed E-state index contributed by atoms with van der Waals surface area (Å²) in [6.07, 6.45) is 5.03. The number of hydrogen-bond donors (Lipinski definition) is 2. The number of rotatable bonds is 4. The topological polar surface area (TPSA) is 102 Å². The third-order valence-electron chi connectivity index (χ3n) is 4.02. The lowest BCUT2D eigenvalue weighted by molar-refractivity contribution is 0.280. The Hall–Kier alpha value is -3.33. The largest absolute Gasteiger partial charge is 0.496 e. The van der Waals surface area contributed by atoms with Gasteiger partial charge in [0.15, 0.2) is 5.82 Å². The van der Waals surface area contributed by atoms with Gasteiger partial charge in [-0.2, -0.15) is 10.2 Å². The molecule has 0 saturated carbocycles. The van der Waals surface area contributed by atoms with Gasteiger partial charge in [0.1, 0.15) is 28.3 Å². The van der Waals surface area contributed by atoms with Crippen molar-refractivity contribution in [1.82, 2.24) is 29.9 Å². The average Bonchev–Trinajstić information content (AvgIpc) is 3.26. The Morgan fingerprint density at radius 1 is 1.31 bits per heavy atom. The zero-order valence-corrected chi connectivity index (χ0v) is 14.1. The molecule has 0 saturated heterocycles. The number of aromatic amines is 1. The first-order valence-corrected chi connectivity index (χ1v) is 7.78. The predicted molar refractivity (Wildman–Crippen MR) is 91.8 cm³/mol. The summed E-state index contributed by atoms with van der Waals surface area (Å²) in [6.45, 7) is -0.291. The van der Waals surface area contributed by atoms with Crippen molar-refractivity contribution in [3.63, 3.8) is 0 Å². The molecule has 9 heteroatoms. The number of aromatic nitrogens is 6. The fourth-order valence-corrected chi connectivity index (χ4v) is 2.78. The van der Waals surface area contributed by atoms with Gasteiger partial charge in [0.2, 0.25) is 0 Å². The molecule has 0 radical (unpaired) electrons. The number of nitrogens with zero attached hydrogens (tertiary/aromatic N) is 5. The molecule has 0 aliphatic heterocycles. The zero-order chi connectivity index (χ0) is 18.3. The van der Waals surface area contributed by atoms with Gasteiger partial charge in [0.05, 0.1) is 31.7 Å². The molecule has 8 nitrogen and oxygen atoms in total. The van der Waals surface area contributed by atoms with Crippen molar-refractivity contribution in [2.24, 2.45) is 7.05 Å². The minimum absolute atomic E-state index is 0.130. The number of halogens is 1. The second kappa shape index (κ2) is 6.19. The van der Waals surface area contributed by atoms with Gasteiger partial charge in [-0.15, -0.1) is 0 Å². The van der Waals surface area contributed by atoms with E-state index in [0.29, 0.717) is 22.3 Å². The van der Waals surface area contributed by atoms with Gasteiger partial charge >= 0.3 is 0 Å². The summed E-state index contributed by atoms with van der Waals surface area (Å²) in [4.78, 5) is 8.72. The number of aryl methyl sites for hydroxylation is 1. The summed E-state index contributed by atoms with van der Waals surface area (Å²) in [6, 6.07) is 2.80. The molecule has 0 fully saturated rings. The highest BCUT2D eigenvalue weighted by atomic mass is 19.1. The van der Waals surface area contributed by atoms with Crippen LogP contribution in [0, 0.1) is 5.82 Å². The monoisotopic (exact) mass is 354 g/mol. The maximum absolute atomic E-state index is 14.6. The number of aliphatic hydroxyl groups excluding tert-OH is 1. The summed E-state index contributed by atoms with van der Waals surface area (Å²) in [7, 11) is 3.23. The lowest BCUT2D eigenvalue weighted by Crippen LogP contribution is -1.99. The van der Waals surface area contributed by atoms with E-state index in [1.54, 1.807) is 23.1 Å². The summed E-state index contributed by atoms with van der Waals surface area (Å²) in [5.41, 5.74) is 3.10. The lowest BCUT2D eigenvalue weighted by atomic mass is 10.1. The van der Waals surface area contributed by atoms with E-state index in [2.05, 4.69) is 25.3 Å². The zero-order valence-electron chi connectivity index (χ0n) is 14.1. The summed E-state index contributed by atoms with van der Waals surface area (Å²) in [5, 5.41) is 20.5. The molecule has 3 aromatic heterocycles. The molecule has 0 bridgehead atoms. The van der Waals surface area contributed by atoms with E-state index >= 15 is 0 Å². The molecule has 132 valence electrons. The lowest BCUT2D eigenvalue weighted by Gasteiger charge is -2.10. The van der Waals surface area contributed by atoms with Crippen LogP contribution in [0.1, 0.15) is 5.56 Å². The smallest absolute Gasteiger partial charge is 0.166 e. The minimum Gasteiger partial charge on any atom is -0.496 e. The number of methoxy groups -OCH3 is 1. The van der Waals surface area contributed by atoms with Gasteiger partial charge in [-0.1, -0.05) is 0 Å². The van der Waals surface area contributed by atoms with Crippen LogP contribution in [-0.4, -0.2) is 42.2 Å². The van der Waals surface area contributed by atoms with Crippen LogP contribution in [-0.2, 0) is 13.7 Å². The van der Waals surface area contributed by atoms with Gasteiger partial charge in [-0.05, 0) is 17.7 Å². The number of nitrogens with one attached hydrogen (secondary N) is 1. The summed E-state index contributed by atoms with van der Waals surface area (Å²) in [5.74, 6) is -0.151. The summed E-state index contributed by atoms with van der Waals surface area (Å²) < 4.78 is 21.5. The van der Waals surface area contributed by atoms with Crippen LogP contribution in [0.3, 0.4) is 0 Å². The number of fused-ring (bicyclic) bond motifs is 1. The van der Waals surface area contributed by atoms with Crippen molar-refractivity contribution in [3.05, 3.63) is 42.1 Å². The maximum Gasteiger partial charge on any atom is 0.166 e. The van der Waals surface area contributed by atoms with E-state index in [4.69, 9.17) is 4.74 Å². The van der Waals surface area contributed by atoms with Gasteiger partial charge in [-0.25, -0.2) is 14.4 Å². The maximum atomic E-state index is 14.6. The predicted octanol–water partition coefficient (Wildman–Crippen LogP) is 2.06. The summed E-state index contributed by atoms with van der Waals surface area (Å²) >= 11 is 0. The highest BCUT2D eigenvalue weighted by Crippen LogP contribution is 2.33. The number of H-pyrrole nitrogens is 1. The molecule has 2 N–H and O–H groups in total. The van der Waals surface area contributed by atoms with Gasteiger partial charge in [0, 0.05) is 18.8 Å². The molecule has 1 aromatic carbocycles. The van der Waals surface area contributed by atoms with Crippen molar-refractivity contribution in [2.75, 3.05) is 7.11 Å². The molecule has 26 heavy (non-hydrogen) atoms. The Kier molecular flexibility index (Phi) is 3.85. The normalized spacial score (nSPS) is 11.2. The number of hydrogen-bond acceptors (Lipinski definition) is 6. The van der Waals surface area contributed by atoms with E-state index in [1.807, 2.05) is 13.2 Å². The van der Waals surface area contributed by atoms with E-state index in [9.17, 15) is 9.50 Å². The first-order chi connectivity index (χ1) is 12.6. The van der Waals surface area contributed by atoms with E-state index in [-0.39, 0.29) is 23.7 Å². The molecule has 4 aromatic rings. The fourth-order valence-electron chi connectivity index (χ4n) is 2.78. The Labute approximate surface area is 147 Å². The van der Waals surface area contributed by atoms with E-state index < -0.39 is 5.82 Å². The van der Waals surface area contributed by atoms with Crippen molar-refractivity contribution in [2.45, 2.75) is 6.61 Å². The van der Waals surface area contributed by atoms with E-state index in [1.165, 1.54) is 13.2 Å². The molecule has 0 spiro atoms. The third-order valence-corrected chi connectivity index (χ3v) is 4.02. The van der Waals surface area contributed by atoms with Crippen LogP contribution in [0.4, 0.5) is 4.39 Å². The van der Waals surface area contributed by atoms with Crippen molar-refractivity contribution in [3.8, 4) is 28.4 Å². The first-order valence-electron chi connectivity index (χ1n) is 7.78. The Balaban J connectivity index is 1.91. The molecule has 0 amide bonds. The van der Waals surface area contributed by atoms with Crippen LogP contribution in [0.5, 0.6) is 5.75 Å². The van der Waals surface area contributed by atoms with Crippen LogP contribution in [0.25, 0.3) is 33.7 Å². The highest BCUT2D eigenvalue weighted by molar-refractivity contribution is 5.90. The van der Waals surface area contributed by atoms with Crippen molar-refractivity contribution >= 4 is 11.0 Å². The van der Waals surface area contributed by atoms with Crippen molar-refractivity contribution < 1.29 is 14.2 Å². The molecule has 3 heterocycles. The van der Waals surface area contributed by atoms with Gasteiger partial charge in [0.25, 0.3) is 0 Å². The number of ether oxygens (including phenoxy) is 1. The third kappa shape index (κ3) is 2.58. The molecule has 0 aliphatic carbocycles. The average molecular weight is 354 g/mol. The molecular weight excluding hydrogens is 339 g/mol. The van der Waals surface area contributed by atoms with Gasteiger partial charge < -0.3 is 9.84 Å². The fraction of sp³-hybridized carbons (Fsp3) is 0.176. The van der Waals surface area contributed by atoms with Crippen LogP contribution >= 0.6 is 0 Å². The van der Waals surface area contributed by atoms with E-state index in [0.717, 1.165) is 5.56 Å². The Bertz CT molecular complexity index is 1100. The van der Waals surface area contributed by atoms with Crippen LogP contribution in [0.15, 0.2) is 30.7 Å². The molecule has 0 atom stereocenters. The van der Waals surface area contributed by atoms with Crippen LogP contribution < -0.4 is 4.74 Å². The van der Waals surface area contributed by atoms with Crippen LogP contribution in [0.2, 0.25) is 0 Å². The highest BCUT2D eigenvalue weighted by Gasteiger charge is 2.19. The molecule has 0 unspecified atom stereocenters. The first kappa shape index (κ1) is 16.2. The molecular formula is C17H15FN6O2. The number of benzene rings is 1. The molecule has 4 rings (SSSR count). The minimum atomic E-state index is -0.570. The second-order valence-corrected chi connectivity index (χ2v) is 5.74. The van der Waals surface area contributed by atoms with Crippen molar-refractivity contribution in [1.29, 1.82) is 0 Å². The second-order valence-electron chi connectivity index (χ2n) is 5.74. The SMILES string of the molecule is COc1cc(CO)cc(F)c1-c1ncc2[nH]nc(-c3cnn(C)c3)c2n1. The standard InChI is InChI=1S/C17H15FN6O2/c1-24-7-10(5-20-24)15-16-12(22-23-15)6-19-17(21-16)14-11(18)3-9(8-25)4-13(14)26-2/h3-7,25H,8H2,1-2H3,(H,22,23).